The predicted molar refractivity (Wildman–Crippen MR) is 67.6 cm³/mol. The van der Waals surface area contributed by atoms with Crippen LogP contribution in [0, 0.1) is 0 Å². The van der Waals surface area contributed by atoms with Gasteiger partial charge in [0.15, 0.2) is 0 Å². The minimum atomic E-state index is -0.0364. The van der Waals surface area contributed by atoms with Crippen molar-refractivity contribution in [2.24, 2.45) is 0 Å². The van der Waals surface area contributed by atoms with Crippen molar-refractivity contribution in [1.82, 2.24) is 5.32 Å². The third-order valence-corrected chi connectivity index (χ3v) is 2.90. The van der Waals surface area contributed by atoms with Crippen LogP contribution in [0.2, 0.25) is 0 Å². The first-order valence-electron chi connectivity index (χ1n) is 6.03. The van der Waals surface area contributed by atoms with Crippen molar-refractivity contribution in [1.29, 1.82) is 0 Å². The van der Waals surface area contributed by atoms with Crippen LogP contribution < -0.4 is 15.0 Å². The quantitative estimate of drug-likeness (QED) is 0.869. The zero-order valence-electron chi connectivity index (χ0n) is 10.3. The molecular formula is C13H18N2O2. The zero-order valence-corrected chi connectivity index (χ0v) is 10.3. The number of hydrogen-bond acceptors (Lipinski definition) is 2. The topological polar surface area (TPSA) is 41.6 Å². The van der Waals surface area contributed by atoms with Gasteiger partial charge in [0.1, 0.15) is 5.75 Å². The number of hydrogen-bond donors (Lipinski definition) is 1. The summed E-state index contributed by atoms with van der Waals surface area (Å²) in [6.45, 7) is 5.54. The van der Waals surface area contributed by atoms with Crippen LogP contribution in [0.4, 0.5) is 10.5 Å². The lowest BCUT2D eigenvalue weighted by molar-refractivity contribution is 0.217. The molecule has 1 N–H and O–H groups in total. The van der Waals surface area contributed by atoms with Gasteiger partial charge < -0.3 is 10.1 Å². The van der Waals surface area contributed by atoms with Crippen LogP contribution in [0.1, 0.15) is 20.3 Å². The monoisotopic (exact) mass is 234 g/mol. The lowest BCUT2D eigenvalue weighted by Gasteiger charge is -2.17. The number of nitrogens with one attached hydrogen (secondary N) is 1. The molecule has 1 atom stereocenters. The second kappa shape index (κ2) is 5.08. The molecule has 1 aliphatic heterocycles. The van der Waals surface area contributed by atoms with E-state index < -0.39 is 0 Å². The smallest absolute Gasteiger partial charge is 0.321 e. The summed E-state index contributed by atoms with van der Waals surface area (Å²) >= 11 is 0. The Labute approximate surface area is 102 Å². The van der Waals surface area contributed by atoms with Gasteiger partial charge in [-0.1, -0.05) is 13.0 Å². The number of nitrogens with zero attached hydrogens (tertiary/aromatic N) is 1. The number of carbonyl (C=O) groups excluding carboxylic acids is 1. The molecule has 0 aliphatic carbocycles. The first kappa shape index (κ1) is 11.8. The van der Waals surface area contributed by atoms with Gasteiger partial charge in [0, 0.05) is 24.8 Å². The van der Waals surface area contributed by atoms with Crippen LogP contribution in [-0.4, -0.2) is 25.2 Å². The second-order valence-corrected chi connectivity index (χ2v) is 4.22. The van der Waals surface area contributed by atoms with E-state index in [4.69, 9.17) is 4.74 Å². The van der Waals surface area contributed by atoms with E-state index in [1.54, 1.807) is 4.90 Å². The molecule has 1 aliphatic rings. The van der Waals surface area contributed by atoms with Crippen molar-refractivity contribution >= 4 is 11.7 Å². The van der Waals surface area contributed by atoms with Gasteiger partial charge in [-0.2, -0.15) is 0 Å². The van der Waals surface area contributed by atoms with E-state index in [0.29, 0.717) is 13.1 Å². The molecule has 2 amide bonds. The molecule has 1 saturated heterocycles. The van der Waals surface area contributed by atoms with E-state index in [0.717, 1.165) is 17.9 Å². The molecule has 1 heterocycles. The van der Waals surface area contributed by atoms with Gasteiger partial charge >= 0.3 is 6.03 Å². The van der Waals surface area contributed by atoms with E-state index in [9.17, 15) is 4.79 Å². The zero-order chi connectivity index (χ0) is 12.3. The highest BCUT2D eigenvalue weighted by molar-refractivity contribution is 5.94. The standard InChI is InChI=1S/C13H18N2O2/c1-3-10(2)17-12-6-4-5-11(9-12)15-8-7-14-13(15)16/h4-6,9-10H,3,7-8H2,1-2H3,(H,14,16). The average Bonchev–Trinajstić information content (AvgIpc) is 2.75. The summed E-state index contributed by atoms with van der Waals surface area (Å²) in [4.78, 5) is 13.3. The Morgan fingerprint density at radius 3 is 3.00 bits per heavy atom. The van der Waals surface area contributed by atoms with Crippen LogP contribution >= 0.6 is 0 Å². The lowest BCUT2D eigenvalue weighted by atomic mass is 10.2. The minimum Gasteiger partial charge on any atom is -0.491 e. The van der Waals surface area contributed by atoms with Gasteiger partial charge in [0.2, 0.25) is 0 Å². The number of benzene rings is 1. The highest BCUT2D eigenvalue weighted by atomic mass is 16.5. The fraction of sp³-hybridized carbons (Fsp3) is 0.462. The predicted octanol–water partition coefficient (Wildman–Crippen LogP) is 2.39. The Morgan fingerprint density at radius 2 is 2.35 bits per heavy atom. The summed E-state index contributed by atoms with van der Waals surface area (Å²) < 4.78 is 5.74. The Kier molecular flexibility index (Phi) is 3.52. The van der Waals surface area contributed by atoms with Crippen molar-refractivity contribution in [2.75, 3.05) is 18.0 Å². The lowest BCUT2D eigenvalue weighted by Crippen LogP contribution is -2.27. The molecule has 17 heavy (non-hydrogen) atoms. The van der Waals surface area contributed by atoms with E-state index in [2.05, 4.69) is 12.2 Å². The number of anilines is 1. The Bertz CT molecular complexity index is 406. The summed E-state index contributed by atoms with van der Waals surface area (Å²) in [5.74, 6) is 0.816. The summed E-state index contributed by atoms with van der Waals surface area (Å²) in [7, 11) is 0. The molecule has 2 rings (SSSR count). The molecule has 1 fully saturated rings. The Balaban J connectivity index is 2.13. The van der Waals surface area contributed by atoms with E-state index in [-0.39, 0.29) is 12.1 Å². The van der Waals surface area contributed by atoms with Crippen LogP contribution in [0.25, 0.3) is 0 Å². The van der Waals surface area contributed by atoms with Crippen LogP contribution in [0.15, 0.2) is 24.3 Å². The number of rotatable bonds is 4. The maximum absolute atomic E-state index is 11.5. The van der Waals surface area contributed by atoms with Gasteiger partial charge in [0.25, 0.3) is 0 Å². The molecule has 4 nitrogen and oxygen atoms in total. The normalized spacial score (nSPS) is 16.8. The molecule has 1 unspecified atom stereocenters. The van der Waals surface area contributed by atoms with Crippen LogP contribution in [0.3, 0.4) is 0 Å². The highest BCUT2D eigenvalue weighted by Crippen LogP contribution is 2.23. The number of ether oxygens (including phenoxy) is 1. The number of carbonyl (C=O) groups is 1. The van der Waals surface area contributed by atoms with Crippen molar-refractivity contribution < 1.29 is 9.53 Å². The van der Waals surface area contributed by atoms with Crippen molar-refractivity contribution in [3.05, 3.63) is 24.3 Å². The molecule has 1 aromatic carbocycles. The maximum Gasteiger partial charge on any atom is 0.321 e. The molecule has 0 spiro atoms. The first-order chi connectivity index (χ1) is 8.20. The number of urea groups is 1. The largest absolute Gasteiger partial charge is 0.491 e. The Morgan fingerprint density at radius 1 is 1.53 bits per heavy atom. The summed E-state index contributed by atoms with van der Waals surface area (Å²) in [5.41, 5.74) is 0.890. The fourth-order valence-corrected chi connectivity index (χ4v) is 1.76. The molecule has 0 saturated carbocycles. The van der Waals surface area contributed by atoms with Crippen molar-refractivity contribution in [2.45, 2.75) is 26.4 Å². The Hall–Kier alpha value is -1.71. The first-order valence-corrected chi connectivity index (χ1v) is 6.03. The highest BCUT2D eigenvalue weighted by Gasteiger charge is 2.21. The second-order valence-electron chi connectivity index (χ2n) is 4.22. The van der Waals surface area contributed by atoms with Crippen LogP contribution in [-0.2, 0) is 0 Å². The molecule has 0 aromatic heterocycles. The van der Waals surface area contributed by atoms with Crippen molar-refractivity contribution in [3.8, 4) is 5.75 Å². The summed E-state index contributed by atoms with van der Waals surface area (Å²) in [6.07, 6.45) is 1.16. The molecule has 4 heteroatoms. The minimum absolute atomic E-state index is 0.0364. The maximum atomic E-state index is 11.5. The molecular weight excluding hydrogens is 216 g/mol. The van der Waals surface area contributed by atoms with E-state index in [1.165, 1.54) is 0 Å². The van der Waals surface area contributed by atoms with Crippen molar-refractivity contribution in [3.63, 3.8) is 0 Å². The van der Waals surface area contributed by atoms with Gasteiger partial charge in [-0.15, -0.1) is 0 Å². The van der Waals surface area contributed by atoms with Gasteiger partial charge in [0.05, 0.1) is 6.10 Å². The molecule has 0 radical (unpaired) electrons. The SMILES string of the molecule is CCC(C)Oc1cccc(N2CCNC2=O)c1. The molecule has 92 valence electrons. The number of amides is 2. The fourth-order valence-electron chi connectivity index (χ4n) is 1.76. The van der Waals surface area contributed by atoms with E-state index in [1.807, 2.05) is 31.2 Å². The van der Waals surface area contributed by atoms with E-state index >= 15 is 0 Å². The summed E-state index contributed by atoms with van der Waals surface area (Å²) in [6, 6.07) is 7.64. The van der Waals surface area contributed by atoms with Gasteiger partial charge in [-0.05, 0) is 25.5 Å². The van der Waals surface area contributed by atoms with Crippen LogP contribution in [0.5, 0.6) is 5.75 Å². The third-order valence-electron chi connectivity index (χ3n) is 2.90. The summed E-state index contributed by atoms with van der Waals surface area (Å²) in [5, 5.41) is 2.79. The average molecular weight is 234 g/mol. The third kappa shape index (κ3) is 2.70. The molecule has 1 aromatic rings. The van der Waals surface area contributed by atoms with Gasteiger partial charge in [-0.3, -0.25) is 4.90 Å². The van der Waals surface area contributed by atoms with Gasteiger partial charge in [-0.25, -0.2) is 4.79 Å². The molecule has 0 bridgehead atoms.